The molecule has 23 heavy (non-hydrogen) atoms. The van der Waals surface area contributed by atoms with Crippen LogP contribution in [0.5, 0.6) is 0 Å². The SMILES string of the molecule is O=C(NN=Cc1cc(-c2ccccc2)sc1Cl)c1ccccc1. The smallest absolute Gasteiger partial charge is 0.267 e. The first-order chi connectivity index (χ1) is 11.2. The summed E-state index contributed by atoms with van der Waals surface area (Å²) in [4.78, 5) is 13.0. The summed E-state index contributed by atoms with van der Waals surface area (Å²) >= 11 is 7.73. The first-order valence-electron chi connectivity index (χ1n) is 6.97. The van der Waals surface area contributed by atoms with Gasteiger partial charge in [-0.1, -0.05) is 60.1 Å². The minimum Gasteiger partial charge on any atom is -0.267 e. The molecule has 0 aliphatic heterocycles. The fourth-order valence-electron chi connectivity index (χ4n) is 2.03. The maximum absolute atomic E-state index is 11.9. The number of benzene rings is 2. The van der Waals surface area contributed by atoms with E-state index in [1.807, 2.05) is 42.5 Å². The lowest BCUT2D eigenvalue weighted by atomic mass is 10.2. The van der Waals surface area contributed by atoms with E-state index < -0.39 is 0 Å². The summed E-state index contributed by atoms with van der Waals surface area (Å²) in [5.41, 5.74) is 4.95. The van der Waals surface area contributed by atoms with E-state index in [-0.39, 0.29) is 5.91 Å². The second-order valence-electron chi connectivity index (χ2n) is 4.77. The number of halogens is 1. The van der Waals surface area contributed by atoms with Gasteiger partial charge in [0, 0.05) is 16.0 Å². The van der Waals surface area contributed by atoms with Crippen molar-refractivity contribution in [3.8, 4) is 10.4 Å². The van der Waals surface area contributed by atoms with Gasteiger partial charge in [-0.2, -0.15) is 5.10 Å². The second kappa shape index (κ2) is 7.22. The van der Waals surface area contributed by atoms with Gasteiger partial charge in [-0.3, -0.25) is 4.79 Å². The van der Waals surface area contributed by atoms with Crippen LogP contribution in [-0.4, -0.2) is 12.1 Å². The number of carbonyl (C=O) groups is 1. The van der Waals surface area contributed by atoms with Gasteiger partial charge in [-0.05, 0) is 23.8 Å². The Labute approximate surface area is 143 Å². The lowest BCUT2D eigenvalue weighted by molar-refractivity contribution is 0.0955. The maximum atomic E-state index is 11.9. The molecule has 0 radical (unpaired) electrons. The fourth-order valence-corrected chi connectivity index (χ4v) is 3.25. The molecule has 3 rings (SSSR count). The van der Waals surface area contributed by atoms with Crippen molar-refractivity contribution in [1.29, 1.82) is 0 Å². The largest absolute Gasteiger partial charge is 0.271 e. The molecule has 0 atom stereocenters. The van der Waals surface area contributed by atoms with Gasteiger partial charge in [0.25, 0.3) is 5.91 Å². The van der Waals surface area contributed by atoms with Crippen LogP contribution in [0.25, 0.3) is 10.4 Å². The Hall–Kier alpha value is -2.43. The highest BCUT2D eigenvalue weighted by molar-refractivity contribution is 7.19. The third-order valence-electron chi connectivity index (χ3n) is 3.18. The van der Waals surface area contributed by atoms with Gasteiger partial charge in [0.15, 0.2) is 0 Å². The van der Waals surface area contributed by atoms with Crippen molar-refractivity contribution in [3.63, 3.8) is 0 Å². The van der Waals surface area contributed by atoms with Gasteiger partial charge in [-0.25, -0.2) is 5.43 Å². The summed E-state index contributed by atoms with van der Waals surface area (Å²) in [6.07, 6.45) is 1.56. The van der Waals surface area contributed by atoms with Gasteiger partial charge in [-0.15, -0.1) is 11.3 Å². The number of thiophene rings is 1. The summed E-state index contributed by atoms with van der Waals surface area (Å²) in [6, 6.07) is 20.9. The third kappa shape index (κ3) is 3.86. The summed E-state index contributed by atoms with van der Waals surface area (Å²) in [7, 11) is 0. The molecular weight excluding hydrogens is 328 g/mol. The van der Waals surface area contributed by atoms with Crippen molar-refractivity contribution in [2.75, 3.05) is 0 Å². The molecule has 3 nitrogen and oxygen atoms in total. The molecule has 0 saturated heterocycles. The minimum absolute atomic E-state index is 0.253. The molecule has 1 aromatic heterocycles. The molecular formula is C18H13ClN2OS. The highest BCUT2D eigenvalue weighted by Gasteiger charge is 2.07. The van der Waals surface area contributed by atoms with Gasteiger partial charge < -0.3 is 0 Å². The van der Waals surface area contributed by atoms with Crippen LogP contribution in [0, 0.1) is 0 Å². The summed E-state index contributed by atoms with van der Waals surface area (Å²) in [6.45, 7) is 0. The van der Waals surface area contributed by atoms with Crippen LogP contribution in [0.4, 0.5) is 0 Å². The lowest BCUT2D eigenvalue weighted by Gasteiger charge is -1.98. The highest BCUT2D eigenvalue weighted by atomic mass is 35.5. The minimum atomic E-state index is -0.253. The van der Waals surface area contributed by atoms with E-state index in [2.05, 4.69) is 10.5 Å². The molecule has 0 unspecified atom stereocenters. The van der Waals surface area contributed by atoms with Crippen molar-refractivity contribution in [1.82, 2.24) is 5.43 Å². The molecule has 0 bridgehead atoms. The van der Waals surface area contributed by atoms with Crippen LogP contribution in [0.2, 0.25) is 4.34 Å². The van der Waals surface area contributed by atoms with Crippen molar-refractivity contribution in [2.45, 2.75) is 0 Å². The molecule has 1 amide bonds. The quantitative estimate of drug-likeness (QED) is 0.536. The Morgan fingerprint density at radius 3 is 2.39 bits per heavy atom. The van der Waals surface area contributed by atoms with Crippen LogP contribution >= 0.6 is 22.9 Å². The standard InChI is InChI=1S/C18H13ClN2OS/c19-17-15(11-16(23-17)13-7-3-1-4-8-13)12-20-21-18(22)14-9-5-2-6-10-14/h1-12H,(H,21,22). The maximum Gasteiger partial charge on any atom is 0.271 e. The van der Waals surface area contributed by atoms with E-state index in [4.69, 9.17) is 11.6 Å². The first kappa shape index (κ1) is 15.5. The van der Waals surface area contributed by atoms with E-state index in [0.29, 0.717) is 9.90 Å². The normalized spacial score (nSPS) is 10.8. The zero-order chi connectivity index (χ0) is 16.1. The fraction of sp³-hybridized carbons (Fsp3) is 0. The molecule has 114 valence electrons. The predicted molar refractivity (Wildman–Crippen MR) is 96.3 cm³/mol. The molecule has 2 aromatic carbocycles. The van der Waals surface area contributed by atoms with E-state index in [0.717, 1.165) is 16.0 Å². The van der Waals surface area contributed by atoms with E-state index >= 15 is 0 Å². The lowest BCUT2D eigenvalue weighted by Crippen LogP contribution is -2.17. The zero-order valence-corrected chi connectivity index (χ0v) is 13.6. The van der Waals surface area contributed by atoms with Crippen LogP contribution < -0.4 is 5.43 Å². The van der Waals surface area contributed by atoms with Gasteiger partial charge in [0.1, 0.15) is 4.34 Å². The predicted octanol–water partition coefficient (Wildman–Crippen LogP) is 4.83. The van der Waals surface area contributed by atoms with E-state index in [1.165, 1.54) is 11.3 Å². The molecule has 0 saturated carbocycles. The molecule has 0 aliphatic carbocycles. The van der Waals surface area contributed by atoms with Crippen LogP contribution in [0.3, 0.4) is 0 Å². The number of amides is 1. The van der Waals surface area contributed by atoms with Gasteiger partial charge in [0.2, 0.25) is 0 Å². The number of nitrogens with zero attached hydrogens (tertiary/aromatic N) is 1. The molecule has 0 spiro atoms. The molecule has 1 N–H and O–H groups in total. The Balaban J connectivity index is 1.71. The van der Waals surface area contributed by atoms with Crippen molar-refractivity contribution < 1.29 is 4.79 Å². The van der Waals surface area contributed by atoms with Crippen molar-refractivity contribution >= 4 is 35.1 Å². The van der Waals surface area contributed by atoms with Crippen LogP contribution in [-0.2, 0) is 0 Å². The van der Waals surface area contributed by atoms with Crippen LogP contribution in [0.1, 0.15) is 15.9 Å². The average Bonchev–Trinajstić information content (AvgIpc) is 2.97. The third-order valence-corrected chi connectivity index (χ3v) is 4.62. The monoisotopic (exact) mass is 340 g/mol. The summed E-state index contributed by atoms with van der Waals surface area (Å²) < 4.78 is 0.640. The number of nitrogens with one attached hydrogen (secondary N) is 1. The second-order valence-corrected chi connectivity index (χ2v) is 6.43. The molecule has 0 aliphatic rings. The Morgan fingerprint density at radius 1 is 1.04 bits per heavy atom. The first-order valence-corrected chi connectivity index (χ1v) is 8.17. The Morgan fingerprint density at radius 2 is 1.70 bits per heavy atom. The molecule has 5 heteroatoms. The Kier molecular flexibility index (Phi) is 4.86. The molecule has 1 heterocycles. The number of carbonyl (C=O) groups excluding carboxylic acids is 1. The van der Waals surface area contributed by atoms with Crippen molar-refractivity contribution in [3.05, 3.63) is 82.2 Å². The van der Waals surface area contributed by atoms with Crippen molar-refractivity contribution in [2.24, 2.45) is 5.10 Å². The Bertz CT molecular complexity index is 829. The topological polar surface area (TPSA) is 41.5 Å². The molecule has 0 fully saturated rings. The number of hydrazone groups is 1. The van der Waals surface area contributed by atoms with Gasteiger partial charge in [0.05, 0.1) is 6.21 Å². The molecule has 3 aromatic rings. The zero-order valence-electron chi connectivity index (χ0n) is 12.1. The number of hydrogen-bond donors (Lipinski definition) is 1. The summed E-state index contributed by atoms with van der Waals surface area (Å²) in [5.74, 6) is -0.253. The van der Waals surface area contributed by atoms with Crippen LogP contribution in [0.15, 0.2) is 71.8 Å². The van der Waals surface area contributed by atoms with Gasteiger partial charge >= 0.3 is 0 Å². The number of rotatable bonds is 4. The van der Waals surface area contributed by atoms with E-state index in [1.54, 1.807) is 30.5 Å². The average molecular weight is 341 g/mol. The summed E-state index contributed by atoms with van der Waals surface area (Å²) in [5, 5.41) is 3.98. The van der Waals surface area contributed by atoms with E-state index in [9.17, 15) is 4.79 Å². The highest BCUT2D eigenvalue weighted by Crippen LogP contribution is 2.33. The number of hydrogen-bond acceptors (Lipinski definition) is 3.